The van der Waals surface area contributed by atoms with Crippen LogP contribution in [-0.4, -0.2) is 120 Å². The summed E-state index contributed by atoms with van der Waals surface area (Å²) in [6.07, 6.45) is 14.2. The van der Waals surface area contributed by atoms with Gasteiger partial charge in [-0.3, -0.25) is 33.4 Å². The maximum Gasteiger partial charge on any atom is 0.312 e. The lowest BCUT2D eigenvalue weighted by atomic mass is 9.98. The van der Waals surface area contributed by atoms with Gasteiger partial charge in [-0.15, -0.1) is 23.0 Å². The quantitative estimate of drug-likeness (QED) is 0.0334. The van der Waals surface area contributed by atoms with Crippen LogP contribution in [0.2, 0.25) is 0 Å². The van der Waals surface area contributed by atoms with Gasteiger partial charge in [0, 0.05) is 48.6 Å². The van der Waals surface area contributed by atoms with Gasteiger partial charge in [0.25, 0.3) is 0 Å². The molecule has 0 aliphatic heterocycles. The Kier molecular flexibility index (Phi) is 29.7. The largest absolute Gasteiger partial charge is 0.469 e. The van der Waals surface area contributed by atoms with Crippen molar-refractivity contribution in [2.24, 2.45) is 27.5 Å². The Morgan fingerprint density at radius 2 is 1.14 bits per heavy atom. The lowest BCUT2D eigenvalue weighted by molar-refractivity contribution is -0.149. The van der Waals surface area contributed by atoms with Gasteiger partial charge in [-0.1, -0.05) is 53.3 Å². The maximum atomic E-state index is 12.1. The summed E-state index contributed by atoms with van der Waals surface area (Å²) < 4.78 is 37.7. The summed E-state index contributed by atoms with van der Waals surface area (Å²) in [5.41, 5.74) is 16.7. The molecule has 0 radical (unpaired) electrons. The van der Waals surface area contributed by atoms with Gasteiger partial charge in [0.1, 0.15) is 24.6 Å². The van der Waals surface area contributed by atoms with Crippen molar-refractivity contribution in [2.75, 3.05) is 53.7 Å². The van der Waals surface area contributed by atoms with Gasteiger partial charge < -0.3 is 33.2 Å². The first kappa shape index (κ1) is 58.8. The van der Waals surface area contributed by atoms with Crippen LogP contribution in [0.25, 0.3) is 20.9 Å². The number of esters is 6. The van der Waals surface area contributed by atoms with Crippen molar-refractivity contribution in [3.63, 3.8) is 0 Å². The van der Waals surface area contributed by atoms with E-state index in [1.165, 1.54) is 18.9 Å². The minimum Gasteiger partial charge on any atom is -0.469 e. The SMILES string of the molecule is C#CCOC(=O)CCCC(=O)OCC#C.COC(=O)C(CN=[N+]=[N-])CN=[N+]=[N-].COC(=O)C(COCC(C)(C)C)Cn1cc(COC(=O)CCCC(=O)OCc2cn(C(C)(C)C)nn2)nn1. The van der Waals surface area contributed by atoms with E-state index in [9.17, 15) is 28.8 Å². The van der Waals surface area contributed by atoms with Crippen molar-refractivity contribution in [1.82, 2.24) is 30.0 Å². The average molecular weight is 929 g/mol. The van der Waals surface area contributed by atoms with E-state index in [2.05, 4.69) is 66.7 Å². The van der Waals surface area contributed by atoms with Gasteiger partial charge in [0.15, 0.2) is 13.2 Å². The second-order valence-electron chi connectivity index (χ2n) is 15.9. The number of terminal acetylenes is 2. The first-order chi connectivity index (χ1) is 31.2. The van der Waals surface area contributed by atoms with Crippen molar-refractivity contribution in [3.05, 3.63) is 44.7 Å². The molecule has 362 valence electrons. The van der Waals surface area contributed by atoms with Gasteiger partial charge in [-0.25, -0.2) is 4.68 Å². The molecule has 2 aromatic heterocycles. The molecule has 0 N–H and O–H groups in total. The molecule has 25 heteroatoms. The number of ether oxygens (including phenoxy) is 7. The van der Waals surface area contributed by atoms with Crippen LogP contribution in [0, 0.1) is 41.9 Å². The molecule has 0 amide bonds. The van der Waals surface area contributed by atoms with E-state index in [0.29, 0.717) is 24.4 Å². The first-order valence-electron chi connectivity index (χ1n) is 20.3. The Morgan fingerprint density at radius 3 is 1.55 bits per heavy atom. The summed E-state index contributed by atoms with van der Waals surface area (Å²) >= 11 is 0. The number of rotatable bonds is 25. The monoisotopic (exact) mass is 928 g/mol. The van der Waals surface area contributed by atoms with Gasteiger partial charge in [-0.05, 0) is 50.1 Å². The summed E-state index contributed by atoms with van der Waals surface area (Å²) in [5, 5.41) is 22.4. The molecule has 0 aromatic carbocycles. The minimum absolute atomic E-state index is 0.0224. The Bertz CT molecular complexity index is 1960. The standard InChI is InChI=1S/C25H40N6O7.C11H12O4.C5H8N6O2/c1-24(2,3)17-36-14-18(23(34)35-7)11-30-12-19(26-28-30)15-37-21(32)9-8-10-22(33)38-16-20-13-31(29-27-20)25(4,5)6;1-3-8-14-10(12)6-5-7-11(13)15-9-4-2;1-13-5(12)4(2-8-10-6)3-9-11-7/h12-13,18H,8-11,14-17H2,1-7H3;1-2H,5-9H2;4H,2-3H2,1H3. The summed E-state index contributed by atoms with van der Waals surface area (Å²) in [7, 11) is 2.53. The molecule has 2 heterocycles. The first-order valence-corrected chi connectivity index (χ1v) is 20.3. The van der Waals surface area contributed by atoms with Crippen LogP contribution < -0.4 is 0 Å². The topological polar surface area (TPSA) is 326 Å². The fourth-order valence-electron chi connectivity index (χ4n) is 4.52. The number of hydrogen-bond acceptors (Lipinski definition) is 19. The molecule has 0 saturated heterocycles. The zero-order valence-electron chi connectivity index (χ0n) is 38.7. The van der Waals surface area contributed by atoms with Crippen molar-refractivity contribution >= 4 is 35.8 Å². The lowest BCUT2D eigenvalue weighted by Crippen LogP contribution is -2.28. The average Bonchev–Trinajstić information content (AvgIpc) is 3.96. The Hall–Kier alpha value is -7.20. The highest BCUT2D eigenvalue weighted by Crippen LogP contribution is 2.15. The van der Waals surface area contributed by atoms with Gasteiger partial charge in [0.2, 0.25) is 0 Å². The van der Waals surface area contributed by atoms with Gasteiger partial charge in [-0.2, -0.15) is 0 Å². The third-order valence-corrected chi connectivity index (χ3v) is 7.79. The number of aromatic nitrogens is 6. The highest BCUT2D eigenvalue weighted by Gasteiger charge is 2.23. The predicted molar refractivity (Wildman–Crippen MR) is 231 cm³/mol. The van der Waals surface area contributed by atoms with E-state index in [4.69, 9.17) is 42.9 Å². The second kappa shape index (κ2) is 33.3. The molecular formula is C41H60N12O13. The Balaban J connectivity index is 0.00000123. The van der Waals surface area contributed by atoms with E-state index < -0.39 is 47.7 Å². The highest BCUT2D eigenvalue weighted by molar-refractivity contribution is 5.74. The summed E-state index contributed by atoms with van der Waals surface area (Å²) in [6, 6.07) is 0. The number of hydrogen-bond donors (Lipinski definition) is 0. The second-order valence-corrected chi connectivity index (χ2v) is 15.9. The van der Waals surface area contributed by atoms with E-state index in [-0.39, 0.29) is 95.7 Å². The summed E-state index contributed by atoms with van der Waals surface area (Å²) in [6.45, 7) is 12.7. The fourth-order valence-corrected chi connectivity index (χ4v) is 4.52. The molecule has 0 saturated carbocycles. The zero-order valence-corrected chi connectivity index (χ0v) is 38.7. The molecule has 2 aromatic rings. The van der Waals surface area contributed by atoms with Crippen molar-refractivity contribution in [1.29, 1.82) is 0 Å². The normalized spacial score (nSPS) is 11.3. The summed E-state index contributed by atoms with van der Waals surface area (Å²) in [5.74, 6) is 0.389. The third-order valence-electron chi connectivity index (χ3n) is 7.79. The molecule has 0 spiro atoms. The molecule has 2 rings (SSSR count). The lowest BCUT2D eigenvalue weighted by Gasteiger charge is -2.20. The molecule has 0 bridgehead atoms. The molecule has 0 aliphatic rings. The van der Waals surface area contributed by atoms with Crippen LogP contribution in [0.4, 0.5) is 0 Å². The van der Waals surface area contributed by atoms with Gasteiger partial charge in [0.05, 0.1) is 63.7 Å². The fraction of sp³-hybridized carbons (Fsp3) is 0.659. The molecule has 0 fully saturated rings. The minimum atomic E-state index is -0.697. The molecular weight excluding hydrogens is 869 g/mol. The highest BCUT2D eigenvalue weighted by atomic mass is 16.6. The zero-order chi connectivity index (χ0) is 50.0. The van der Waals surface area contributed by atoms with Crippen LogP contribution in [0.5, 0.6) is 0 Å². The molecule has 66 heavy (non-hydrogen) atoms. The van der Waals surface area contributed by atoms with Crippen LogP contribution in [-0.2, 0) is 87.2 Å². The predicted octanol–water partition coefficient (Wildman–Crippen LogP) is 4.34. The molecule has 1 unspecified atom stereocenters. The van der Waals surface area contributed by atoms with E-state index in [1.807, 2.05) is 41.5 Å². The number of carbonyl (C=O) groups is 6. The van der Waals surface area contributed by atoms with Crippen molar-refractivity contribution < 1.29 is 61.9 Å². The van der Waals surface area contributed by atoms with Gasteiger partial charge >= 0.3 is 35.8 Å². The number of methoxy groups -OCH3 is 2. The molecule has 1 atom stereocenters. The van der Waals surface area contributed by atoms with Crippen LogP contribution in [0.3, 0.4) is 0 Å². The smallest absolute Gasteiger partial charge is 0.312 e. The van der Waals surface area contributed by atoms with Crippen LogP contribution >= 0.6 is 0 Å². The Labute approximate surface area is 383 Å². The van der Waals surface area contributed by atoms with E-state index in [0.717, 1.165) is 0 Å². The third kappa shape index (κ3) is 29.2. The molecule has 0 aliphatic carbocycles. The number of azide groups is 2. The maximum absolute atomic E-state index is 12.1. The van der Waals surface area contributed by atoms with Crippen molar-refractivity contribution in [2.45, 2.75) is 105 Å². The Morgan fingerprint density at radius 1 is 0.697 bits per heavy atom. The number of carbonyl (C=O) groups excluding carboxylic acids is 6. The van der Waals surface area contributed by atoms with E-state index in [1.54, 1.807) is 17.1 Å². The molecule has 25 nitrogen and oxygen atoms in total. The van der Waals surface area contributed by atoms with Crippen molar-refractivity contribution in [3.8, 4) is 24.7 Å². The van der Waals surface area contributed by atoms with Crippen LogP contribution in [0.1, 0.15) is 91.5 Å². The number of nitrogens with zero attached hydrogens (tertiary/aromatic N) is 12. The van der Waals surface area contributed by atoms with Crippen LogP contribution in [0.15, 0.2) is 22.6 Å². The summed E-state index contributed by atoms with van der Waals surface area (Å²) in [4.78, 5) is 73.8. The van der Waals surface area contributed by atoms with E-state index >= 15 is 0 Å².